The first-order chi connectivity index (χ1) is 8.36. The smallest absolute Gasteiger partial charge is 0.162 e. The lowest BCUT2D eigenvalue weighted by molar-refractivity contribution is 0.352. The van der Waals surface area contributed by atoms with Crippen LogP contribution in [0.25, 0.3) is 0 Å². The van der Waals surface area contributed by atoms with Crippen LogP contribution in [-0.4, -0.2) is 48.2 Å². The summed E-state index contributed by atoms with van der Waals surface area (Å²) in [6.07, 6.45) is 0.845. The minimum atomic E-state index is 0.0118. The van der Waals surface area contributed by atoms with E-state index in [1.54, 1.807) is 0 Å². The van der Waals surface area contributed by atoms with E-state index < -0.39 is 0 Å². The molecule has 1 aromatic rings. The molecule has 0 heterocycles. The standard InChI is InChI=1S/C14H24N2O2/c1-6-10-7-11(8-15(2)3)13(17)14(18)12(10)9-16(4)5/h7,17-18H,6,8-9H2,1-5H3. The molecule has 102 valence electrons. The molecule has 0 aliphatic carbocycles. The van der Waals surface area contributed by atoms with Crippen molar-refractivity contribution in [1.82, 2.24) is 9.80 Å². The number of nitrogens with zero attached hydrogens (tertiary/aromatic N) is 2. The highest BCUT2D eigenvalue weighted by Crippen LogP contribution is 2.36. The molecule has 0 aromatic heterocycles. The molecule has 0 fully saturated rings. The SMILES string of the molecule is CCc1cc(CN(C)C)c(O)c(O)c1CN(C)C. The van der Waals surface area contributed by atoms with Gasteiger partial charge in [-0.15, -0.1) is 0 Å². The summed E-state index contributed by atoms with van der Waals surface area (Å²) in [7, 11) is 7.78. The van der Waals surface area contributed by atoms with E-state index in [-0.39, 0.29) is 11.5 Å². The Hall–Kier alpha value is -1.26. The van der Waals surface area contributed by atoms with Crippen molar-refractivity contribution in [3.63, 3.8) is 0 Å². The van der Waals surface area contributed by atoms with Crippen LogP contribution in [0.4, 0.5) is 0 Å². The van der Waals surface area contributed by atoms with Crippen molar-refractivity contribution in [3.8, 4) is 11.5 Å². The van der Waals surface area contributed by atoms with E-state index in [1.165, 1.54) is 0 Å². The lowest BCUT2D eigenvalue weighted by atomic mass is 9.98. The zero-order valence-corrected chi connectivity index (χ0v) is 12.0. The molecule has 0 saturated heterocycles. The fraction of sp³-hybridized carbons (Fsp3) is 0.571. The summed E-state index contributed by atoms with van der Waals surface area (Å²) in [6.45, 7) is 3.31. The topological polar surface area (TPSA) is 46.9 Å². The summed E-state index contributed by atoms with van der Waals surface area (Å²) in [5.74, 6) is 0.0395. The first-order valence-corrected chi connectivity index (χ1v) is 6.21. The van der Waals surface area contributed by atoms with Crippen molar-refractivity contribution >= 4 is 0 Å². The zero-order chi connectivity index (χ0) is 13.9. The summed E-state index contributed by atoms with van der Waals surface area (Å²) in [5, 5.41) is 20.2. The highest BCUT2D eigenvalue weighted by Gasteiger charge is 2.17. The number of hydrogen-bond donors (Lipinski definition) is 2. The lowest BCUT2D eigenvalue weighted by Crippen LogP contribution is -2.14. The summed E-state index contributed by atoms with van der Waals surface area (Å²) >= 11 is 0. The third-order valence-corrected chi connectivity index (χ3v) is 2.89. The van der Waals surface area contributed by atoms with Crippen molar-refractivity contribution in [2.45, 2.75) is 26.4 Å². The lowest BCUT2D eigenvalue weighted by Gasteiger charge is -2.19. The zero-order valence-electron chi connectivity index (χ0n) is 12.0. The van der Waals surface area contributed by atoms with E-state index in [4.69, 9.17) is 0 Å². The van der Waals surface area contributed by atoms with Crippen LogP contribution in [0.1, 0.15) is 23.6 Å². The van der Waals surface area contributed by atoms with Crippen LogP contribution in [0.5, 0.6) is 11.5 Å². The van der Waals surface area contributed by atoms with E-state index in [1.807, 2.05) is 44.1 Å². The molecule has 18 heavy (non-hydrogen) atoms. The summed E-state index contributed by atoms with van der Waals surface area (Å²) in [6, 6.07) is 1.99. The van der Waals surface area contributed by atoms with E-state index in [0.717, 1.165) is 23.1 Å². The molecular weight excluding hydrogens is 228 g/mol. The molecule has 0 bridgehead atoms. The van der Waals surface area contributed by atoms with E-state index in [0.29, 0.717) is 13.1 Å². The number of phenolic OH excluding ortho intramolecular Hbond substituents is 2. The molecule has 0 atom stereocenters. The normalized spacial score (nSPS) is 11.5. The van der Waals surface area contributed by atoms with Gasteiger partial charge in [0.05, 0.1) is 0 Å². The number of phenols is 2. The number of aryl methyl sites for hydroxylation is 1. The maximum atomic E-state index is 10.2. The maximum Gasteiger partial charge on any atom is 0.162 e. The largest absolute Gasteiger partial charge is 0.504 e. The second kappa shape index (κ2) is 6.07. The fourth-order valence-corrected chi connectivity index (χ4v) is 2.08. The summed E-state index contributed by atoms with van der Waals surface area (Å²) in [5.41, 5.74) is 2.69. The Morgan fingerprint density at radius 3 is 1.89 bits per heavy atom. The summed E-state index contributed by atoms with van der Waals surface area (Å²) in [4.78, 5) is 3.96. The van der Waals surface area contributed by atoms with Crippen LogP contribution in [0.15, 0.2) is 6.07 Å². The van der Waals surface area contributed by atoms with Gasteiger partial charge in [0, 0.05) is 24.2 Å². The van der Waals surface area contributed by atoms with Crippen LogP contribution in [-0.2, 0) is 19.5 Å². The van der Waals surface area contributed by atoms with Crippen molar-refractivity contribution in [1.29, 1.82) is 0 Å². The van der Waals surface area contributed by atoms with Gasteiger partial charge < -0.3 is 20.0 Å². The van der Waals surface area contributed by atoms with Gasteiger partial charge in [-0.1, -0.05) is 13.0 Å². The predicted molar refractivity (Wildman–Crippen MR) is 73.9 cm³/mol. The van der Waals surface area contributed by atoms with Gasteiger partial charge in [0.25, 0.3) is 0 Å². The number of hydrogen-bond acceptors (Lipinski definition) is 4. The van der Waals surface area contributed by atoms with Gasteiger partial charge in [-0.05, 0) is 40.2 Å². The van der Waals surface area contributed by atoms with Gasteiger partial charge in [-0.2, -0.15) is 0 Å². The number of rotatable bonds is 5. The Bertz CT molecular complexity index is 415. The maximum absolute atomic E-state index is 10.2. The molecular formula is C14H24N2O2. The first-order valence-electron chi connectivity index (χ1n) is 6.21. The molecule has 2 N–H and O–H groups in total. The van der Waals surface area contributed by atoms with Crippen molar-refractivity contribution in [3.05, 3.63) is 22.8 Å². The molecule has 0 spiro atoms. The van der Waals surface area contributed by atoms with Crippen molar-refractivity contribution in [2.75, 3.05) is 28.2 Å². The van der Waals surface area contributed by atoms with Gasteiger partial charge in [0.15, 0.2) is 11.5 Å². The minimum Gasteiger partial charge on any atom is -0.504 e. The Labute approximate surface area is 109 Å². The fourth-order valence-electron chi connectivity index (χ4n) is 2.08. The molecule has 0 amide bonds. The Kier molecular flexibility index (Phi) is 4.99. The van der Waals surface area contributed by atoms with Crippen LogP contribution in [0, 0.1) is 0 Å². The van der Waals surface area contributed by atoms with Crippen LogP contribution in [0.3, 0.4) is 0 Å². The van der Waals surface area contributed by atoms with Gasteiger partial charge in [-0.25, -0.2) is 0 Å². The van der Waals surface area contributed by atoms with Crippen LogP contribution < -0.4 is 0 Å². The number of benzene rings is 1. The Morgan fingerprint density at radius 2 is 1.44 bits per heavy atom. The van der Waals surface area contributed by atoms with Gasteiger partial charge >= 0.3 is 0 Å². The molecule has 0 unspecified atom stereocenters. The second-order valence-electron chi connectivity index (χ2n) is 5.20. The summed E-state index contributed by atoms with van der Waals surface area (Å²) < 4.78 is 0. The second-order valence-corrected chi connectivity index (χ2v) is 5.20. The first kappa shape index (κ1) is 14.8. The Balaban J connectivity index is 3.25. The minimum absolute atomic E-state index is 0.0118. The van der Waals surface area contributed by atoms with E-state index >= 15 is 0 Å². The third-order valence-electron chi connectivity index (χ3n) is 2.89. The van der Waals surface area contributed by atoms with Crippen molar-refractivity contribution in [2.24, 2.45) is 0 Å². The monoisotopic (exact) mass is 252 g/mol. The quantitative estimate of drug-likeness (QED) is 0.784. The third kappa shape index (κ3) is 3.37. The highest BCUT2D eigenvalue weighted by molar-refractivity contribution is 5.54. The van der Waals surface area contributed by atoms with E-state index in [9.17, 15) is 10.2 Å². The molecule has 0 radical (unpaired) electrons. The molecule has 0 saturated carbocycles. The van der Waals surface area contributed by atoms with E-state index in [2.05, 4.69) is 6.92 Å². The molecule has 4 heteroatoms. The highest BCUT2D eigenvalue weighted by atomic mass is 16.3. The molecule has 0 aliphatic rings. The molecule has 4 nitrogen and oxygen atoms in total. The van der Waals surface area contributed by atoms with Crippen LogP contribution in [0.2, 0.25) is 0 Å². The van der Waals surface area contributed by atoms with Gasteiger partial charge in [0.2, 0.25) is 0 Å². The molecule has 1 rings (SSSR count). The van der Waals surface area contributed by atoms with Gasteiger partial charge in [0.1, 0.15) is 0 Å². The van der Waals surface area contributed by atoms with Gasteiger partial charge in [-0.3, -0.25) is 0 Å². The predicted octanol–water partition coefficient (Wildman–Crippen LogP) is 1.78. The molecule has 1 aromatic carbocycles. The average molecular weight is 252 g/mol. The average Bonchev–Trinajstić information content (AvgIpc) is 2.27. The van der Waals surface area contributed by atoms with Crippen molar-refractivity contribution < 1.29 is 10.2 Å². The Morgan fingerprint density at radius 1 is 0.889 bits per heavy atom. The number of aromatic hydroxyl groups is 2. The molecule has 0 aliphatic heterocycles. The van der Waals surface area contributed by atoms with Crippen LogP contribution >= 0.6 is 0 Å².